The van der Waals surface area contributed by atoms with Crippen LogP contribution in [0.5, 0.6) is 5.75 Å². The molecule has 1 aliphatic rings. The molecule has 1 heterocycles. The highest BCUT2D eigenvalue weighted by molar-refractivity contribution is 5.95. The monoisotopic (exact) mass is 310 g/mol. The number of phenols is 1. The van der Waals surface area contributed by atoms with Gasteiger partial charge in [-0.3, -0.25) is 4.79 Å². The Morgan fingerprint density at radius 1 is 1.30 bits per heavy atom. The Hall–Kier alpha value is -2.33. The van der Waals surface area contributed by atoms with E-state index < -0.39 is 0 Å². The van der Waals surface area contributed by atoms with Crippen LogP contribution in [0.1, 0.15) is 35.6 Å². The summed E-state index contributed by atoms with van der Waals surface area (Å²) in [6, 6.07) is 12.8. The molecular weight excluding hydrogens is 288 g/mol. The quantitative estimate of drug-likeness (QED) is 0.915. The highest BCUT2D eigenvalue weighted by atomic mass is 16.3. The lowest BCUT2D eigenvalue weighted by Crippen LogP contribution is -2.37. The molecule has 0 fully saturated rings. The van der Waals surface area contributed by atoms with Gasteiger partial charge in [0.05, 0.1) is 0 Å². The summed E-state index contributed by atoms with van der Waals surface area (Å²) >= 11 is 0. The zero-order valence-electron chi connectivity index (χ0n) is 13.3. The number of nitrogens with zero attached hydrogens (tertiary/aromatic N) is 1. The predicted octanol–water partition coefficient (Wildman–Crippen LogP) is 3.07. The van der Waals surface area contributed by atoms with Crippen LogP contribution in [0.25, 0.3) is 0 Å². The number of aryl methyl sites for hydroxylation is 2. The van der Waals surface area contributed by atoms with Gasteiger partial charge in [-0.1, -0.05) is 24.3 Å². The number of amides is 1. The number of hydrogen-bond acceptors (Lipinski definition) is 3. The van der Waals surface area contributed by atoms with Crippen molar-refractivity contribution in [1.29, 1.82) is 0 Å². The lowest BCUT2D eigenvalue weighted by atomic mass is 9.97. The number of rotatable bonds is 3. The number of fused-ring (bicyclic) bond motifs is 1. The van der Waals surface area contributed by atoms with Crippen LogP contribution in [0.4, 0.5) is 5.69 Å². The molecule has 4 nitrogen and oxygen atoms in total. The van der Waals surface area contributed by atoms with E-state index in [1.807, 2.05) is 30.0 Å². The molecule has 1 unspecified atom stereocenters. The van der Waals surface area contributed by atoms with Gasteiger partial charge in [-0.05, 0) is 54.7 Å². The zero-order chi connectivity index (χ0) is 16.4. The third kappa shape index (κ3) is 3.22. The normalized spacial score (nSPS) is 15.1. The number of benzene rings is 2. The highest BCUT2D eigenvalue weighted by Gasteiger charge is 2.24. The second-order valence-electron chi connectivity index (χ2n) is 6.13. The average molecular weight is 310 g/mol. The van der Waals surface area contributed by atoms with Gasteiger partial charge < -0.3 is 15.7 Å². The Kier molecular flexibility index (Phi) is 4.35. The molecule has 4 heteroatoms. The SMILES string of the molecule is Cc1cc(O)ccc1C(N)CC(=O)N1CCCc2ccccc21. The van der Waals surface area contributed by atoms with Crippen molar-refractivity contribution in [2.75, 3.05) is 11.4 Å². The zero-order valence-corrected chi connectivity index (χ0v) is 13.3. The highest BCUT2D eigenvalue weighted by Crippen LogP contribution is 2.29. The van der Waals surface area contributed by atoms with Crippen LogP contribution in [0.2, 0.25) is 0 Å². The lowest BCUT2D eigenvalue weighted by Gasteiger charge is -2.30. The van der Waals surface area contributed by atoms with Crippen molar-refractivity contribution in [3.8, 4) is 5.75 Å². The molecular formula is C19H22N2O2. The van der Waals surface area contributed by atoms with Crippen LogP contribution in [-0.4, -0.2) is 17.6 Å². The Labute approximate surface area is 136 Å². The maximum Gasteiger partial charge on any atom is 0.228 e. The fourth-order valence-corrected chi connectivity index (χ4v) is 3.28. The fraction of sp³-hybridized carbons (Fsp3) is 0.316. The first-order valence-electron chi connectivity index (χ1n) is 7.99. The first-order valence-corrected chi connectivity index (χ1v) is 7.99. The number of aromatic hydroxyl groups is 1. The topological polar surface area (TPSA) is 66.6 Å². The maximum absolute atomic E-state index is 12.7. The number of hydrogen-bond donors (Lipinski definition) is 2. The van der Waals surface area contributed by atoms with E-state index in [2.05, 4.69) is 6.07 Å². The van der Waals surface area contributed by atoms with Crippen molar-refractivity contribution in [1.82, 2.24) is 0 Å². The number of nitrogens with two attached hydrogens (primary N) is 1. The first-order chi connectivity index (χ1) is 11.1. The number of para-hydroxylation sites is 1. The second-order valence-corrected chi connectivity index (χ2v) is 6.13. The molecule has 2 aromatic carbocycles. The van der Waals surface area contributed by atoms with Gasteiger partial charge in [0.15, 0.2) is 0 Å². The molecule has 1 atom stereocenters. The van der Waals surface area contributed by atoms with Gasteiger partial charge in [-0.25, -0.2) is 0 Å². The summed E-state index contributed by atoms with van der Waals surface area (Å²) in [5.74, 6) is 0.270. The van der Waals surface area contributed by atoms with Crippen LogP contribution < -0.4 is 10.6 Å². The van der Waals surface area contributed by atoms with E-state index in [1.54, 1.807) is 18.2 Å². The van der Waals surface area contributed by atoms with E-state index in [0.717, 1.165) is 36.2 Å². The van der Waals surface area contributed by atoms with Crippen LogP contribution in [0.15, 0.2) is 42.5 Å². The van der Waals surface area contributed by atoms with E-state index in [-0.39, 0.29) is 24.1 Å². The number of phenolic OH excluding ortho intramolecular Hbond substituents is 1. The minimum absolute atomic E-state index is 0.0529. The molecule has 3 N–H and O–H groups in total. The summed E-state index contributed by atoms with van der Waals surface area (Å²) in [5.41, 5.74) is 10.3. The average Bonchev–Trinajstić information content (AvgIpc) is 2.54. The van der Waals surface area contributed by atoms with Gasteiger partial charge >= 0.3 is 0 Å². The molecule has 3 rings (SSSR count). The second kappa shape index (κ2) is 6.42. The standard InChI is InChI=1S/C19H22N2O2/c1-13-11-15(22)8-9-16(13)17(20)12-19(23)21-10-4-6-14-5-2-3-7-18(14)21/h2-3,5,7-9,11,17,22H,4,6,10,12,20H2,1H3. The van der Waals surface area contributed by atoms with Crippen LogP contribution in [0, 0.1) is 6.92 Å². The molecule has 0 saturated carbocycles. The molecule has 1 aliphatic heterocycles. The van der Waals surface area contributed by atoms with Crippen molar-refractivity contribution >= 4 is 11.6 Å². The number of carbonyl (C=O) groups is 1. The van der Waals surface area contributed by atoms with Gasteiger partial charge in [0.1, 0.15) is 5.75 Å². The van der Waals surface area contributed by atoms with Crippen molar-refractivity contribution in [3.05, 3.63) is 59.2 Å². The van der Waals surface area contributed by atoms with E-state index in [9.17, 15) is 9.90 Å². The molecule has 1 amide bonds. The number of carbonyl (C=O) groups excluding carboxylic acids is 1. The van der Waals surface area contributed by atoms with Crippen molar-refractivity contribution in [2.24, 2.45) is 5.73 Å². The maximum atomic E-state index is 12.7. The van der Waals surface area contributed by atoms with Gasteiger partial charge in [0, 0.05) is 24.7 Å². The molecule has 0 spiro atoms. The van der Waals surface area contributed by atoms with Gasteiger partial charge in [-0.15, -0.1) is 0 Å². The summed E-state index contributed by atoms with van der Waals surface area (Å²) in [5, 5.41) is 9.50. The summed E-state index contributed by atoms with van der Waals surface area (Å²) < 4.78 is 0. The van der Waals surface area contributed by atoms with E-state index in [4.69, 9.17) is 5.73 Å². The Balaban J connectivity index is 1.77. The molecule has 0 radical (unpaired) electrons. The number of anilines is 1. The van der Waals surface area contributed by atoms with Crippen LogP contribution >= 0.6 is 0 Å². The molecule has 0 bridgehead atoms. The summed E-state index contributed by atoms with van der Waals surface area (Å²) in [6.07, 6.45) is 2.26. The van der Waals surface area contributed by atoms with E-state index in [0.29, 0.717) is 0 Å². The Morgan fingerprint density at radius 2 is 2.09 bits per heavy atom. The van der Waals surface area contributed by atoms with Crippen molar-refractivity contribution in [3.63, 3.8) is 0 Å². The van der Waals surface area contributed by atoms with Crippen molar-refractivity contribution in [2.45, 2.75) is 32.2 Å². The minimum atomic E-state index is -0.364. The van der Waals surface area contributed by atoms with Crippen molar-refractivity contribution < 1.29 is 9.90 Å². The smallest absolute Gasteiger partial charge is 0.228 e. The Morgan fingerprint density at radius 3 is 2.87 bits per heavy atom. The summed E-state index contributed by atoms with van der Waals surface area (Å²) in [4.78, 5) is 14.6. The van der Waals surface area contributed by atoms with E-state index in [1.165, 1.54) is 5.56 Å². The Bertz CT molecular complexity index is 727. The molecule has 120 valence electrons. The van der Waals surface area contributed by atoms with Gasteiger partial charge in [-0.2, -0.15) is 0 Å². The lowest BCUT2D eigenvalue weighted by molar-refractivity contribution is -0.119. The van der Waals surface area contributed by atoms with Gasteiger partial charge in [0.25, 0.3) is 0 Å². The first kappa shape index (κ1) is 15.6. The fourth-order valence-electron chi connectivity index (χ4n) is 3.28. The third-order valence-electron chi connectivity index (χ3n) is 4.46. The molecule has 0 saturated heterocycles. The summed E-state index contributed by atoms with van der Waals surface area (Å²) in [7, 11) is 0. The molecule has 0 aliphatic carbocycles. The van der Waals surface area contributed by atoms with Crippen LogP contribution in [-0.2, 0) is 11.2 Å². The summed E-state index contributed by atoms with van der Waals surface area (Å²) in [6.45, 7) is 2.65. The molecule has 0 aromatic heterocycles. The predicted molar refractivity (Wildman–Crippen MR) is 91.5 cm³/mol. The third-order valence-corrected chi connectivity index (χ3v) is 4.46. The molecule has 23 heavy (non-hydrogen) atoms. The minimum Gasteiger partial charge on any atom is -0.508 e. The largest absolute Gasteiger partial charge is 0.508 e. The molecule has 2 aromatic rings. The van der Waals surface area contributed by atoms with E-state index >= 15 is 0 Å². The van der Waals surface area contributed by atoms with Crippen LogP contribution in [0.3, 0.4) is 0 Å². The van der Waals surface area contributed by atoms with Gasteiger partial charge in [0.2, 0.25) is 5.91 Å².